The summed E-state index contributed by atoms with van der Waals surface area (Å²) in [7, 11) is -3.79. The van der Waals surface area contributed by atoms with Gasteiger partial charge in [-0.25, -0.2) is 9.97 Å². The first-order chi connectivity index (χ1) is 12.6. The van der Waals surface area contributed by atoms with Crippen LogP contribution >= 0.6 is 0 Å². The number of hydrogen-bond donors (Lipinski definition) is 0. The molecule has 0 aromatic carbocycles. The third-order valence-electron chi connectivity index (χ3n) is 2.84. The summed E-state index contributed by atoms with van der Waals surface area (Å²) in [6, 6.07) is 2.89. The van der Waals surface area contributed by atoms with Crippen LogP contribution in [0.1, 0.15) is 5.69 Å². The summed E-state index contributed by atoms with van der Waals surface area (Å²) >= 11 is 0. The molecule has 0 N–H and O–H groups in total. The Morgan fingerprint density at radius 1 is 1.27 bits per heavy atom. The zero-order chi connectivity index (χ0) is 18.7. The number of hydrogen-bond acceptors (Lipinski definition) is 8. The van der Waals surface area contributed by atoms with E-state index in [2.05, 4.69) is 36.9 Å². The summed E-state index contributed by atoms with van der Waals surface area (Å²) in [6.45, 7) is 1.53. The smallest absolute Gasteiger partial charge is 0.285 e. The lowest BCUT2D eigenvalue weighted by Gasteiger charge is -2.02. The van der Waals surface area contributed by atoms with E-state index in [1.807, 2.05) is 0 Å². The Balaban J connectivity index is 1.76. The molecule has 0 aliphatic rings. The van der Waals surface area contributed by atoms with Crippen LogP contribution in [0, 0.1) is 11.8 Å². The largest absolute Gasteiger partial charge is 0.379 e. The highest BCUT2D eigenvalue weighted by atomic mass is 32.2. The number of pyridine rings is 1. The van der Waals surface area contributed by atoms with Crippen molar-refractivity contribution in [3.05, 3.63) is 47.1 Å². The van der Waals surface area contributed by atoms with Crippen LogP contribution < -0.4 is 0 Å². The minimum atomic E-state index is -3.79. The molecule has 0 bridgehead atoms. The van der Waals surface area contributed by atoms with Gasteiger partial charge in [-0.3, -0.25) is 0 Å². The van der Waals surface area contributed by atoms with Crippen LogP contribution in [0.3, 0.4) is 0 Å². The molecule has 0 aliphatic carbocycles. The summed E-state index contributed by atoms with van der Waals surface area (Å²) in [5.41, 5.74) is 8.49. The second kappa shape index (κ2) is 10.1. The Morgan fingerprint density at radius 3 is 2.81 bits per heavy atom. The molecular weight excluding hydrogens is 362 g/mol. The summed E-state index contributed by atoms with van der Waals surface area (Å²) in [5, 5.41) is 6.93. The highest BCUT2D eigenvalue weighted by Gasteiger charge is 2.17. The van der Waals surface area contributed by atoms with Crippen molar-refractivity contribution in [2.75, 3.05) is 33.0 Å². The normalized spacial score (nSPS) is 10.6. The first-order valence-electron chi connectivity index (χ1n) is 7.36. The Kier molecular flexibility index (Phi) is 7.53. The fourth-order valence-electron chi connectivity index (χ4n) is 1.66. The van der Waals surface area contributed by atoms with Crippen LogP contribution in [0.4, 0.5) is 0 Å². The van der Waals surface area contributed by atoms with E-state index in [1.54, 1.807) is 0 Å². The SMILES string of the molecule is [N-]=[N+]=NCCOCCOCC#Cc1ccc(S(=O)(=O)n2cncn2)cn1. The van der Waals surface area contributed by atoms with Gasteiger partial charge >= 0.3 is 0 Å². The maximum atomic E-state index is 12.2. The first kappa shape index (κ1) is 19.4. The predicted octanol–water partition coefficient (Wildman–Crippen LogP) is 0.605. The van der Waals surface area contributed by atoms with Crippen LogP contribution in [-0.2, 0) is 19.5 Å². The van der Waals surface area contributed by atoms with E-state index in [-0.39, 0.29) is 18.0 Å². The molecule has 26 heavy (non-hydrogen) atoms. The Morgan fingerprint density at radius 2 is 2.12 bits per heavy atom. The fraction of sp³-hybridized carbons (Fsp3) is 0.357. The summed E-state index contributed by atoms with van der Waals surface area (Å²) in [4.78, 5) is 10.2. The van der Waals surface area contributed by atoms with Gasteiger partial charge in [0.15, 0.2) is 0 Å². The van der Waals surface area contributed by atoms with Gasteiger partial charge in [-0.2, -0.15) is 8.42 Å². The molecule has 12 heteroatoms. The predicted molar refractivity (Wildman–Crippen MR) is 89.4 cm³/mol. The average molecular weight is 377 g/mol. The molecule has 0 aliphatic heterocycles. The standard InChI is InChI=1S/C14H15N7O4S/c15-20-18-5-7-25-9-8-24-6-1-2-13-3-4-14(10-17-13)26(22,23)21-12-16-11-19-21/h3-4,10-12H,5-9H2. The van der Waals surface area contributed by atoms with Gasteiger partial charge in [-0.1, -0.05) is 11.0 Å². The van der Waals surface area contributed by atoms with Crippen LogP contribution in [0.2, 0.25) is 0 Å². The van der Waals surface area contributed by atoms with Gasteiger partial charge in [0.05, 0.1) is 19.8 Å². The van der Waals surface area contributed by atoms with Crippen molar-refractivity contribution in [3.8, 4) is 11.8 Å². The molecule has 0 atom stereocenters. The van der Waals surface area contributed by atoms with Crippen molar-refractivity contribution in [1.82, 2.24) is 19.2 Å². The fourth-order valence-corrected chi connectivity index (χ4v) is 2.64. The summed E-state index contributed by atoms with van der Waals surface area (Å²) in [6.07, 6.45) is 3.44. The quantitative estimate of drug-likeness (QED) is 0.204. The molecule has 2 heterocycles. The molecule has 0 saturated carbocycles. The molecule has 0 spiro atoms. The zero-order valence-electron chi connectivity index (χ0n) is 13.6. The molecule has 2 aromatic rings. The van der Waals surface area contributed by atoms with E-state index < -0.39 is 10.0 Å². The molecule has 0 amide bonds. The molecule has 2 aromatic heterocycles. The van der Waals surface area contributed by atoms with Gasteiger partial charge < -0.3 is 9.47 Å². The molecule has 0 radical (unpaired) electrons. The van der Waals surface area contributed by atoms with Crippen molar-refractivity contribution in [1.29, 1.82) is 0 Å². The number of azide groups is 1. The molecular formula is C14H15N7O4S. The van der Waals surface area contributed by atoms with Gasteiger partial charge in [0, 0.05) is 17.7 Å². The van der Waals surface area contributed by atoms with Gasteiger partial charge in [0.25, 0.3) is 10.0 Å². The highest BCUT2D eigenvalue weighted by molar-refractivity contribution is 7.89. The minimum Gasteiger partial charge on any atom is -0.379 e. The third-order valence-corrected chi connectivity index (χ3v) is 4.36. The summed E-state index contributed by atoms with van der Waals surface area (Å²) < 4.78 is 35.5. The van der Waals surface area contributed by atoms with Crippen molar-refractivity contribution < 1.29 is 17.9 Å². The molecule has 136 valence electrons. The highest BCUT2D eigenvalue weighted by Crippen LogP contribution is 2.10. The van der Waals surface area contributed by atoms with Crippen LogP contribution in [-0.4, -0.2) is 60.5 Å². The summed E-state index contributed by atoms with van der Waals surface area (Å²) in [5.74, 6) is 5.53. The van der Waals surface area contributed by atoms with Gasteiger partial charge in [-0.05, 0) is 23.6 Å². The second-order valence-electron chi connectivity index (χ2n) is 4.57. The lowest BCUT2D eigenvalue weighted by molar-refractivity contribution is 0.0637. The lowest BCUT2D eigenvalue weighted by atomic mass is 10.3. The number of nitrogens with zero attached hydrogens (tertiary/aromatic N) is 7. The van der Waals surface area contributed by atoms with Crippen LogP contribution in [0.25, 0.3) is 10.4 Å². The number of aromatic nitrogens is 4. The molecule has 11 nitrogen and oxygen atoms in total. The first-order valence-corrected chi connectivity index (χ1v) is 8.80. The molecule has 0 fully saturated rings. The zero-order valence-corrected chi connectivity index (χ0v) is 14.4. The van der Waals surface area contributed by atoms with Crippen LogP contribution in [0.5, 0.6) is 0 Å². The van der Waals surface area contributed by atoms with Gasteiger partial charge in [0.2, 0.25) is 0 Å². The van der Waals surface area contributed by atoms with E-state index >= 15 is 0 Å². The Hall–Kier alpha value is -2.97. The van der Waals surface area contributed by atoms with Crippen molar-refractivity contribution in [3.63, 3.8) is 0 Å². The van der Waals surface area contributed by atoms with Crippen molar-refractivity contribution >= 4 is 10.0 Å². The molecule has 2 rings (SSSR count). The van der Waals surface area contributed by atoms with E-state index in [0.29, 0.717) is 25.5 Å². The Bertz CT molecular complexity index is 895. The maximum Gasteiger partial charge on any atom is 0.285 e. The molecule has 0 unspecified atom stereocenters. The van der Waals surface area contributed by atoms with Gasteiger partial charge in [0.1, 0.15) is 29.9 Å². The minimum absolute atomic E-state index is 0.0114. The van der Waals surface area contributed by atoms with Crippen LogP contribution in [0.15, 0.2) is 41.0 Å². The topological polar surface area (TPSA) is 145 Å². The maximum absolute atomic E-state index is 12.2. The van der Waals surface area contributed by atoms with Crippen molar-refractivity contribution in [2.45, 2.75) is 4.90 Å². The monoisotopic (exact) mass is 377 g/mol. The van der Waals surface area contributed by atoms with E-state index in [9.17, 15) is 8.42 Å². The second-order valence-corrected chi connectivity index (χ2v) is 6.37. The Labute approximate surface area is 149 Å². The number of rotatable bonds is 9. The average Bonchev–Trinajstić information content (AvgIpc) is 3.19. The van der Waals surface area contributed by atoms with E-state index in [0.717, 1.165) is 16.7 Å². The number of ether oxygens (including phenoxy) is 2. The molecule has 0 saturated heterocycles. The van der Waals surface area contributed by atoms with E-state index in [1.165, 1.54) is 18.3 Å². The van der Waals surface area contributed by atoms with E-state index in [4.69, 9.17) is 15.0 Å². The van der Waals surface area contributed by atoms with Crippen molar-refractivity contribution in [2.24, 2.45) is 5.11 Å². The lowest BCUT2D eigenvalue weighted by Crippen LogP contribution is -2.13. The van der Waals surface area contributed by atoms with Gasteiger partial charge in [-0.15, -0.1) is 9.19 Å². The third kappa shape index (κ3) is 5.83.